The minimum atomic E-state index is 0.0208. The Hall–Kier alpha value is -1.84. The minimum absolute atomic E-state index is 0.0208. The average molecular weight is 233 g/mol. The van der Waals surface area contributed by atoms with Crippen molar-refractivity contribution >= 4 is 17.4 Å². The van der Waals surface area contributed by atoms with Gasteiger partial charge in [-0.1, -0.05) is 20.3 Å². The first kappa shape index (κ1) is 13.2. The number of hydrogen-bond donors (Lipinski definition) is 3. The highest BCUT2D eigenvalue weighted by molar-refractivity contribution is 5.96. The molecule has 4 heteroatoms. The number of nitrogens with one attached hydrogen (secondary N) is 2. The summed E-state index contributed by atoms with van der Waals surface area (Å²) in [7, 11) is 0. The lowest BCUT2D eigenvalue weighted by Crippen LogP contribution is -2.20. The number of nitrogens with two attached hydrogens (primary N) is 1. The fourth-order valence-electron chi connectivity index (χ4n) is 1.56. The summed E-state index contributed by atoms with van der Waals surface area (Å²) < 4.78 is 0. The Balaban J connectivity index is 2.63. The van der Waals surface area contributed by atoms with E-state index in [9.17, 15) is 4.79 Å². The highest BCUT2D eigenvalue weighted by Gasteiger charge is 2.11. The molecule has 1 aromatic rings. The van der Waals surface area contributed by atoms with E-state index in [2.05, 4.69) is 12.2 Å². The first-order valence-corrected chi connectivity index (χ1v) is 5.80. The van der Waals surface area contributed by atoms with Gasteiger partial charge in [0.2, 0.25) is 5.91 Å². The number of hydrogen-bond acceptors (Lipinski definition) is 2. The molecule has 0 bridgehead atoms. The lowest BCUT2D eigenvalue weighted by Gasteiger charge is -2.11. The molecule has 17 heavy (non-hydrogen) atoms. The Morgan fingerprint density at radius 1 is 1.41 bits per heavy atom. The SMILES string of the molecule is CCCC(C)C(=O)Nc1ccc(C(=N)N)cc1. The quantitative estimate of drug-likeness (QED) is 0.539. The smallest absolute Gasteiger partial charge is 0.227 e. The first-order valence-electron chi connectivity index (χ1n) is 5.80. The zero-order valence-electron chi connectivity index (χ0n) is 10.3. The molecular weight excluding hydrogens is 214 g/mol. The summed E-state index contributed by atoms with van der Waals surface area (Å²) in [5, 5.41) is 10.1. The van der Waals surface area contributed by atoms with Gasteiger partial charge >= 0.3 is 0 Å². The molecule has 0 radical (unpaired) electrons. The van der Waals surface area contributed by atoms with Crippen LogP contribution < -0.4 is 11.1 Å². The fraction of sp³-hybridized carbons (Fsp3) is 0.385. The highest BCUT2D eigenvalue weighted by atomic mass is 16.1. The van der Waals surface area contributed by atoms with Gasteiger partial charge in [-0.15, -0.1) is 0 Å². The van der Waals surface area contributed by atoms with Crippen molar-refractivity contribution in [1.29, 1.82) is 5.41 Å². The minimum Gasteiger partial charge on any atom is -0.384 e. The van der Waals surface area contributed by atoms with Crippen LogP contribution in [-0.2, 0) is 4.79 Å². The summed E-state index contributed by atoms with van der Waals surface area (Å²) in [6.45, 7) is 3.98. The van der Waals surface area contributed by atoms with Gasteiger partial charge in [-0.2, -0.15) is 0 Å². The van der Waals surface area contributed by atoms with Crippen LogP contribution in [0.2, 0.25) is 0 Å². The zero-order chi connectivity index (χ0) is 12.8. The van der Waals surface area contributed by atoms with Crippen LogP contribution in [0.5, 0.6) is 0 Å². The van der Waals surface area contributed by atoms with E-state index in [1.54, 1.807) is 24.3 Å². The fourth-order valence-corrected chi connectivity index (χ4v) is 1.56. The van der Waals surface area contributed by atoms with Crippen molar-refractivity contribution in [2.24, 2.45) is 11.7 Å². The second-order valence-electron chi connectivity index (χ2n) is 4.17. The molecule has 0 fully saturated rings. The van der Waals surface area contributed by atoms with Crippen LogP contribution in [0.4, 0.5) is 5.69 Å². The Kier molecular flexibility index (Phi) is 4.69. The molecular formula is C13H19N3O. The van der Waals surface area contributed by atoms with Gasteiger partial charge in [0.05, 0.1) is 0 Å². The number of benzene rings is 1. The van der Waals surface area contributed by atoms with E-state index in [0.29, 0.717) is 5.56 Å². The van der Waals surface area contributed by atoms with E-state index in [-0.39, 0.29) is 17.7 Å². The third-order valence-corrected chi connectivity index (χ3v) is 2.63. The van der Waals surface area contributed by atoms with E-state index in [1.807, 2.05) is 6.92 Å². The van der Waals surface area contributed by atoms with Gasteiger partial charge in [0.25, 0.3) is 0 Å². The second-order valence-corrected chi connectivity index (χ2v) is 4.17. The molecule has 0 aliphatic carbocycles. The van der Waals surface area contributed by atoms with Crippen LogP contribution in [0.1, 0.15) is 32.3 Å². The summed E-state index contributed by atoms with van der Waals surface area (Å²) in [5.41, 5.74) is 6.74. The largest absolute Gasteiger partial charge is 0.384 e. The highest BCUT2D eigenvalue weighted by Crippen LogP contribution is 2.12. The number of nitrogen functional groups attached to an aromatic ring is 1. The molecule has 1 aromatic carbocycles. The maximum absolute atomic E-state index is 11.7. The molecule has 0 heterocycles. The number of rotatable bonds is 5. The topological polar surface area (TPSA) is 79.0 Å². The Labute approximate surface area is 102 Å². The lowest BCUT2D eigenvalue weighted by atomic mass is 10.1. The normalized spacial score (nSPS) is 11.9. The second kappa shape index (κ2) is 6.03. The van der Waals surface area contributed by atoms with E-state index >= 15 is 0 Å². The lowest BCUT2D eigenvalue weighted by molar-refractivity contribution is -0.119. The predicted octanol–water partition coefficient (Wildman–Crippen LogP) is 2.35. The molecule has 4 N–H and O–H groups in total. The number of carbonyl (C=O) groups excluding carboxylic acids is 1. The first-order chi connectivity index (χ1) is 8.04. The molecule has 1 amide bonds. The van der Waals surface area contributed by atoms with Crippen LogP contribution in [0.25, 0.3) is 0 Å². The molecule has 0 aromatic heterocycles. The van der Waals surface area contributed by atoms with Crippen LogP contribution in [-0.4, -0.2) is 11.7 Å². The zero-order valence-corrected chi connectivity index (χ0v) is 10.3. The van der Waals surface area contributed by atoms with Crippen molar-refractivity contribution in [3.05, 3.63) is 29.8 Å². The molecule has 1 unspecified atom stereocenters. The number of amides is 1. The molecule has 0 saturated heterocycles. The van der Waals surface area contributed by atoms with Gasteiger partial charge in [0, 0.05) is 17.2 Å². The van der Waals surface area contributed by atoms with Crippen molar-refractivity contribution in [3.63, 3.8) is 0 Å². The van der Waals surface area contributed by atoms with Crippen LogP contribution >= 0.6 is 0 Å². The van der Waals surface area contributed by atoms with Gasteiger partial charge in [0.1, 0.15) is 5.84 Å². The van der Waals surface area contributed by atoms with Crippen molar-refractivity contribution < 1.29 is 4.79 Å². The molecule has 92 valence electrons. The maximum Gasteiger partial charge on any atom is 0.227 e. The third kappa shape index (κ3) is 3.90. The molecule has 4 nitrogen and oxygen atoms in total. The van der Waals surface area contributed by atoms with Crippen LogP contribution in [0, 0.1) is 11.3 Å². The van der Waals surface area contributed by atoms with E-state index in [1.165, 1.54) is 0 Å². The van der Waals surface area contributed by atoms with E-state index in [0.717, 1.165) is 18.5 Å². The summed E-state index contributed by atoms with van der Waals surface area (Å²) in [6, 6.07) is 6.96. The maximum atomic E-state index is 11.7. The molecule has 1 rings (SSSR count). The monoisotopic (exact) mass is 233 g/mol. The van der Waals surface area contributed by atoms with E-state index in [4.69, 9.17) is 11.1 Å². The van der Waals surface area contributed by atoms with Crippen molar-refractivity contribution in [2.75, 3.05) is 5.32 Å². The summed E-state index contributed by atoms with van der Waals surface area (Å²) in [6.07, 6.45) is 1.88. The number of anilines is 1. The molecule has 0 aliphatic rings. The predicted molar refractivity (Wildman–Crippen MR) is 70.2 cm³/mol. The average Bonchev–Trinajstić information content (AvgIpc) is 2.30. The van der Waals surface area contributed by atoms with Gasteiger partial charge in [0.15, 0.2) is 0 Å². The standard InChI is InChI=1S/C13H19N3O/c1-3-4-9(2)13(17)16-11-7-5-10(6-8-11)12(14)15/h5-9H,3-4H2,1-2H3,(H3,14,15)(H,16,17). The van der Waals surface area contributed by atoms with Crippen LogP contribution in [0.15, 0.2) is 24.3 Å². The van der Waals surface area contributed by atoms with Crippen molar-refractivity contribution in [2.45, 2.75) is 26.7 Å². The van der Waals surface area contributed by atoms with Gasteiger partial charge in [-0.05, 0) is 30.7 Å². The van der Waals surface area contributed by atoms with E-state index < -0.39 is 0 Å². The Morgan fingerprint density at radius 2 is 2.00 bits per heavy atom. The van der Waals surface area contributed by atoms with Gasteiger partial charge in [-0.3, -0.25) is 10.2 Å². The Morgan fingerprint density at radius 3 is 2.47 bits per heavy atom. The summed E-state index contributed by atoms with van der Waals surface area (Å²) in [4.78, 5) is 11.7. The summed E-state index contributed by atoms with van der Waals surface area (Å²) in [5.74, 6) is 0.0807. The molecule has 1 atom stereocenters. The van der Waals surface area contributed by atoms with Gasteiger partial charge < -0.3 is 11.1 Å². The van der Waals surface area contributed by atoms with Crippen molar-refractivity contribution in [1.82, 2.24) is 0 Å². The van der Waals surface area contributed by atoms with Crippen LogP contribution in [0.3, 0.4) is 0 Å². The molecule has 0 saturated carbocycles. The summed E-state index contributed by atoms with van der Waals surface area (Å²) >= 11 is 0. The number of carbonyl (C=O) groups is 1. The number of amidine groups is 1. The third-order valence-electron chi connectivity index (χ3n) is 2.63. The molecule has 0 aliphatic heterocycles. The van der Waals surface area contributed by atoms with Crippen molar-refractivity contribution in [3.8, 4) is 0 Å². The van der Waals surface area contributed by atoms with Gasteiger partial charge in [-0.25, -0.2) is 0 Å². The Bertz CT molecular complexity index is 398. The molecule has 0 spiro atoms.